The first-order valence-corrected chi connectivity index (χ1v) is 4.72. The quantitative estimate of drug-likeness (QED) is 0.643. The number of carbonyl (C=O) groups excluding carboxylic acids is 1. The summed E-state index contributed by atoms with van der Waals surface area (Å²) in [6, 6.07) is 0.285. The predicted octanol–water partition coefficient (Wildman–Crippen LogP) is -0.125. The summed E-state index contributed by atoms with van der Waals surface area (Å²) in [5.74, 6) is -0.513. The van der Waals surface area contributed by atoms with Crippen molar-refractivity contribution in [1.29, 1.82) is 0 Å². The molecule has 1 aliphatic heterocycles. The van der Waals surface area contributed by atoms with Gasteiger partial charge in [-0.05, 0) is 19.4 Å². The van der Waals surface area contributed by atoms with E-state index in [9.17, 15) is 4.79 Å². The second-order valence-electron chi connectivity index (χ2n) is 3.59. The smallest absolute Gasteiger partial charge is 0.222 e. The highest BCUT2D eigenvalue weighted by Gasteiger charge is 2.31. The van der Waals surface area contributed by atoms with Crippen LogP contribution in [-0.4, -0.2) is 31.7 Å². The van der Waals surface area contributed by atoms with E-state index in [-0.39, 0.29) is 24.0 Å². The first-order chi connectivity index (χ1) is 6.16. The van der Waals surface area contributed by atoms with E-state index in [2.05, 4.69) is 5.32 Å². The van der Waals surface area contributed by atoms with E-state index in [4.69, 9.17) is 10.5 Å². The highest BCUT2D eigenvalue weighted by molar-refractivity contribution is 5.77. The second-order valence-corrected chi connectivity index (χ2v) is 3.59. The number of methoxy groups -OCH3 is 1. The number of hydrogen-bond acceptors (Lipinski definition) is 3. The number of ether oxygens (including phenoxy) is 1. The third-order valence-electron chi connectivity index (χ3n) is 2.71. The molecule has 0 spiro atoms. The summed E-state index contributed by atoms with van der Waals surface area (Å²) in [5.41, 5.74) is 5.23. The molecule has 76 valence electrons. The standard InChI is InChI=1S/C9H18N2O2/c1-6(9(10)12)8(13-2)7-4-3-5-11-7/h6-8,11H,3-5H2,1-2H3,(H2,10,12)/t6-,7+,8-/m1/s1. The van der Waals surface area contributed by atoms with Gasteiger partial charge in [-0.1, -0.05) is 6.92 Å². The molecule has 0 bridgehead atoms. The molecule has 1 amide bonds. The first-order valence-electron chi connectivity index (χ1n) is 4.72. The third-order valence-corrected chi connectivity index (χ3v) is 2.71. The van der Waals surface area contributed by atoms with E-state index in [0.29, 0.717) is 0 Å². The van der Waals surface area contributed by atoms with Gasteiger partial charge in [0.2, 0.25) is 5.91 Å². The van der Waals surface area contributed by atoms with Crippen LogP contribution >= 0.6 is 0 Å². The minimum atomic E-state index is -0.291. The fraction of sp³-hybridized carbons (Fsp3) is 0.889. The van der Waals surface area contributed by atoms with E-state index >= 15 is 0 Å². The summed E-state index contributed by atoms with van der Waals surface area (Å²) in [6.45, 7) is 2.83. The zero-order valence-electron chi connectivity index (χ0n) is 8.25. The van der Waals surface area contributed by atoms with Crippen LogP contribution in [0, 0.1) is 5.92 Å². The van der Waals surface area contributed by atoms with Crippen molar-refractivity contribution < 1.29 is 9.53 Å². The number of carbonyl (C=O) groups is 1. The highest BCUT2D eigenvalue weighted by atomic mass is 16.5. The summed E-state index contributed by atoms with van der Waals surface area (Å²) in [5, 5.41) is 3.31. The fourth-order valence-corrected chi connectivity index (χ4v) is 1.87. The van der Waals surface area contributed by atoms with E-state index < -0.39 is 0 Å². The molecule has 0 unspecified atom stereocenters. The monoisotopic (exact) mass is 186 g/mol. The molecule has 0 aromatic carbocycles. The minimum Gasteiger partial charge on any atom is -0.379 e. The molecular weight excluding hydrogens is 168 g/mol. The number of primary amides is 1. The van der Waals surface area contributed by atoms with Gasteiger partial charge < -0.3 is 15.8 Å². The lowest BCUT2D eigenvalue weighted by Crippen LogP contribution is -2.44. The van der Waals surface area contributed by atoms with Crippen LogP contribution in [0.5, 0.6) is 0 Å². The molecule has 1 heterocycles. The van der Waals surface area contributed by atoms with Crippen LogP contribution < -0.4 is 11.1 Å². The lowest BCUT2D eigenvalue weighted by molar-refractivity contribution is -0.126. The van der Waals surface area contributed by atoms with Gasteiger partial charge in [0.25, 0.3) is 0 Å². The number of rotatable bonds is 4. The highest BCUT2D eigenvalue weighted by Crippen LogP contribution is 2.18. The van der Waals surface area contributed by atoms with Crippen LogP contribution in [0.2, 0.25) is 0 Å². The molecule has 1 rings (SSSR count). The Labute approximate surface area is 78.8 Å². The average molecular weight is 186 g/mol. The SMILES string of the molecule is CO[C@@H]([C@@H]1CCCN1)[C@@H](C)C(N)=O. The average Bonchev–Trinajstić information content (AvgIpc) is 2.58. The maximum absolute atomic E-state index is 11.0. The first kappa shape index (κ1) is 10.5. The third kappa shape index (κ3) is 2.42. The summed E-state index contributed by atoms with van der Waals surface area (Å²) in [4.78, 5) is 11.0. The van der Waals surface area contributed by atoms with Crippen molar-refractivity contribution in [3.05, 3.63) is 0 Å². The number of nitrogens with two attached hydrogens (primary N) is 1. The minimum absolute atomic E-state index is 0.0833. The summed E-state index contributed by atoms with van der Waals surface area (Å²) in [7, 11) is 1.63. The van der Waals surface area contributed by atoms with Crippen LogP contribution in [0.25, 0.3) is 0 Å². The van der Waals surface area contributed by atoms with Crippen LogP contribution in [0.4, 0.5) is 0 Å². The number of nitrogens with one attached hydrogen (secondary N) is 1. The molecule has 3 N–H and O–H groups in total. The Bertz CT molecular complexity index is 178. The van der Waals surface area contributed by atoms with E-state index in [1.807, 2.05) is 6.92 Å². The molecular formula is C9H18N2O2. The number of hydrogen-bond donors (Lipinski definition) is 2. The summed E-state index contributed by atoms with van der Waals surface area (Å²) < 4.78 is 5.29. The van der Waals surface area contributed by atoms with Gasteiger partial charge in [-0.25, -0.2) is 0 Å². The molecule has 0 radical (unpaired) electrons. The van der Waals surface area contributed by atoms with Crippen molar-refractivity contribution in [2.75, 3.05) is 13.7 Å². The second kappa shape index (κ2) is 4.58. The van der Waals surface area contributed by atoms with E-state index in [1.165, 1.54) is 0 Å². The van der Waals surface area contributed by atoms with Gasteiger partial charge in [0.15, 0.2) is 0 Å². The Morgan fingerprint density at radius 3 is 2.77 bits per heavy atom. The molecule has 0 aromatic rings. The predicted molar refractivity (Wildman–Crippen MR) is 50.2 cm³/mol. The van der Waals surface area contributed by atoms with E-state index in [0.717, 1.165) is 19.4 Å². The van der Waals surface area contributed by atoms with Crippen LogP contribution in [-0.2, 0) is 9.53 Å². The van der Waals surface area contributed by atoms with E-state index in [1.54, 1.807) is 7.11 Å². The van der Waals surface area contributed by atoms with Crippen LogP contribution in [0.3, 0.4) is 0 Å². The van der Waals surface area contributed by atoms with Gasteiger partial charge >= 0.3 is 0 Å². The van der Waals surface area contributed by atoms with Crippen molar-refractivity contribution in [1.82, 2.24) is 5.32 Å². The molecule has 1 saturated heterocycles. The maximum Gasteiger partial charge on any atom is 0.222 e. The fourth-order valence-electron chi connectivity index (χ4n) is 1.87. The van der Waals surface area contributed by atoms with Gasteiger partial charge in [0, 0.05) is 13.2 Å². The molecule has 4 nitrogen and oxygen atoms in total. The Kier molecular flexibility index (Phi) is 3.69. The number of amides is 1. The molecule has 0 aromatic heterocycles. The van der Waals surface area contributed by atoms with Crippen LogP contribution in [0.15, 0.2) is 0 Å². The van der Waals surface area contributed by atoms with Gasteiger partial charge in [-0.3, -0.25) is 4.79 Å². The zero-order chi connectivity index (χ0) is 9.84. The molecule has 13 heavy (non-hydrogen) atoms. The van der Waals surface area contributed by atoms with Crippen molar-refractivity contribution >= 4 is 5.91 Å². The summed E-state index contributed by atoms with van der Waals surface area (Å²) in [6.07, 6.45) is 2.13. The Hall–Kier alpha value is -0.610. The lowest BCUT2D eigenvalue weighted by atomic mass is 9.96. The normalized spacial score (nSPS) is 27.1. The van der Waals surface area contributed by atoms with Gasteiger partial charge in [0.05, 0.1) is 12.0 Å². The Morgan fingerprint density at radius 2 is 2.38 bits per heavy atom. The molecule has 3 atom stereocenters. The molecule has 0 aliphatic carbocycles. The van der Waals surface area contributed by atoms with Crippen molar-refractivity contribution in [2.24, 2.45) is 11.7 Å². The van der Waals surface area contributed by atoms with Crippen molar-refractivity contribution in [2.45, 2.75) is 31.9 Å². The maximum atomic E-state index is 11.0. The van der Waals surface area contributed by atoms with Gasteiger partial charge in [-0.2, -0.15) is 0 Å². The summed E-state index contributed by atoms with van der Waals surface area (Å²) >= 11 is 0. The lowest BCUT2D eigenvalue weighted by Gasteiger charge is -2.26. The molecule has 4 heteroatoms. The van der Waals surface area contributed by atoms with Gasteiger partial charge in [-0.15, -0.1) is 0 Å². The van der Waals surface area contributed by atoms with Crippen molar-refractivity contribution in [3.63, 3.8) is 0 Å². The topological polar surface area (TPSA) is 64.3 Å². The zero-order valence-corrected chi connectivity index (χ0v) is 8.25. The molecule has 1 aliphatic rings. The van der Waals surface area contributed by atoms with Crippen LogP contribution in [0.1, 0.15) is 19.8 Å². The van der Waals surface area contributed by atoms with Gasteiger partial charge in [0.1, 0.15) is 0 Å². The Balaban J connectivity index is 2.54. The van der Waals surface area contributed by atoms with Crippen molar-refractivity contribution in [3.8, 4) is 0 Å². The largest absolute Gasteiger partial charge is 0.379 e. The molecule has 1 fully saturated rings. The Morgan fingerprint density at radius 1 is 1.69 bits per heavy atom. The molecule has 0 saturated carbocycles.